The van der Waals surface area contributed by atoms with Gasteiger partial charge in [0.05, 0.1) is 59.9 Å². The minimum atomic E-state index is -1.64. The van der Waals surface area contributed by atoms with E-state index in [1.165, 1.54) is 44.9 Å². The van der Waals surface area contributed by atoms with Crippen LogP contribution < -0.4 is 4.74 Å². The fraction of sp³-hybridized carbons (Fsp3) is 0.750. The number of amides is 1. The topological polar surface area (TPSA) is 194 Å². The van der Waals surface area contributed by atoms with Crippen LogP contribution in [0, 0.1) is 29.5 Å². The van der Waals surface area contributed by atoms with Crippen molar-refractivity contribution in [2.45, 2.75) is 171 Å². The maximum absolute atomic E-state index is 15.0. The first-order valence-electron chi connectivity index (χ1n) is 23.3. The smallest absolute Gasteiger partial charge is 0.431 e. The molecule has 5 aliphatic heterocycles. The number of aliphatic hydroxyl groups excluding tert-OH is 2. The predicted octanol–water partition coefficient (Wildman–Crippen LogP) is 5.90. The number of likely N-dealkylation sites (N-methyl/N-ethyl adjacent to an activating group) is 1. The van der Waals surface area contributed by atoms with Gasteiger partial charge >= 0.3 is 12.1 Å². The molecule has 2 N–H and O–H groups in total. The number of hydrogen-bond acceptors (Lipinski definition) is 16. The van der Waals surface area contributed by atoms with E-state index in [1.54, 1.807) is 55.4 Å². The van der Waals surface area contributed by atoms with E-state index in [1.807, 2.05) is 25.9 Å². The van der Waals surface area contributed by atoms with Gasteiger partial charge in [0.25, 0.3) is 0 Å². The van der Waals surface area contributed by atoms with Crippen LogP contribution in [0.25, 0.3) is 0 Å². The minimum Gasteiger partial charge on any atom is -0.464 e. The molecule has 0 aliphatic carbocycles. The maximum atomic E-state index is 15.0. The Kier molecular flexibility index (Phi) is 16.6. The Hall–Kier alpha value is -3.30. The number of ether oxygens (including phenoxy) is 9. The standard InChI is InChI=1S/C48H71ClFN3O14/c1-14-34-48(9)40(53(45(58)67-48)51-22-29-23-62-33-16-15-30(50)19-31(33)36(29)49)25(3)37(54)24(2)20-47(8,60-13)42(66-44-38(55)32(52(10)11)17-18-61-44)26(4)39(27(5)43(57)64-34)65-35-21-46(7,59-12)41(56)28(6)63-35/h15-16,19,22-28,32,34-36,38-42,44,55-56H,14,17-18,20-21H2,1-13H3/b51-22+/t24-,25+,26+,27-,28+,32+,34-,35?,36?,38-,39+,40+,41+,42-,44+,46-,47-,48-/m1/s1. The van der Waals surface area contributed by atoms with Gasteiger partial charge < -0.3 is 57.7 Å². The zero-order valence-corrected chi connectivity index (χ0v) is 41.7. The number of aliphatic hydroxyl groups is 2. The maximum Gasteiger partial charge on any atom is 0.431 e. The molecule has 376 valence electrons. The molecule has 0 aromatic heterocycles. The summed E-state index contributed by atoms with van der Waals surface area (Å²) in [6.07, 6.45) is -5.55. The van der Waals surface area contributed by atoms with Crippen LogP contribution in [0.3, 0.4) is 0 Å². The number of hydrogen-bond donors (Lipinski definition) is 2. The second-order valence-electron chi connectivity index (χ2n) is 19.8. The van der Waals surface area contributed by atoms with Crippen molar-refractivity contribution in [2.24, 2.45) is 28.8 Å². The number of Topliss-reactive ketones (excluding diaryl/α,β-unsaturated/α-hetero) is 1. The second-order valence-corrected chi connectivity index (χ2v) is 20.2. The van der Waals surface area contributed by atoms with Gasteiger partial charge in [-0.15, -0.1) is 11.6 Å². The average molecular weight is 969 g/mol. The van der Waals surface area contributed by atoms with Crippen molar-refractivity contribution in [3.05, 3.63) is 41.4 Å². The van der Waals surface area contributed by atoms with Crippen LogP contribution in [0.2, 0.25) is 0 Å². The molecule has 19 heteroatoms. The molecule has 0 spiro atoms. The molecule has 1 aromatic carbocycles. The van der Waals surface area contributed by atoms with Gasteiger partial charge in [-0.2, -0.15) is 10.1 Å². The lowest BCUT2D eigenvalue weighted by atomic mass is 9.73. The van der Waals surface area contributed by atoms with Crippen molar-refractivity contribution in [1.29, 1.82) is 0 Å². The van der Waals surface area contributed by atoms with Crippen molar-refractivity contribution in [2.75, 3.05) is 34.9 Å². The van der Waals surface area contributed by atoms with Crippen molar-refractivity contribution >= 4 is 35.7 Å². The summed E-state index contributed by atoms with van der Waals surface area (Å²) < 4.78 is 70.9. The van der Waals surface area contributed by atoms with Crippen molar-refractivity contribution in [3.63, 3.8) is 0 Å². The Bertz CT molecular complexity index is 2010. The number of cyclic esters (lactones) is 1. The third-order valence-corrected chi connectivity index (χ3v) is 15.4. The molecule has 6 rings (SSSR count). The van der Waals surface area contributed by atoms with Gasteiger partial charge in [0.15, 0.2) is 18.2 Å². The number of carbonyl (C=O) groups excluding carboxylic acids is 3. The molecule has 2 unspecified atom stereocenters. The third-order valence-electron chi connectivity index (χ3n) is 14.9. The Labute approximate surface area is 398 Å². The van der Waals surface area contributed by atoms with Gasteiger partial charge in [-0.3, -0.25) is 9.59 Å². The summed E-state index contributed by atoms with van der Waals surface area (Å²) in [6.45, 7) is 15.9. The molecule has 0 radical (unpaired) electrons. The van der Waals surface area contributed by atoms with E-state index in [9.17, 15) is 24.2 Å². The SMILES string of the molecule is CC[C@H]1OC(=O)[C@H](C)[C@@H](OC2C[C@@](C)(OC)[C@@H](O)[C@H](C)O2)[C@H](C)[C@@H](O[C@@H]2OCC[C@H](N(C)C)[C@H]2O)[C@](C)(OC)C[C@@H](C)C(=O)[C@H](C)[C@@H]2N(/N=C/C3=COc4ccc(F)cc4C3Cl)C(=O)O[C@@]21C. The largest absolute Gasteiger partial charge is 0.464 e. The van der Waals surface area contributed by atoms with E-state index < -0.39 is 119 Å². The monoisotopic (exact) mass is 967 g/mol. The normalized spacial score (nSPS) is 42.4. The van der Waals surface area contributed by atoms with Crippen LogP contribution >= 0.6 is 11.6 Å². The highest BCUT2D eigenvalue weighted by Crippen LogP contribution is 2.45. The third kappa shape index (κ3) is 10.4. The molecular formula is C48H71ClFN3O14. The van der Waals surface area contributed by atoms with Crippen molar-refractivity contribution in [3.8, 4) is 5.75 Å². The number of rotatable bonds is 10. The number of hydrazone groups is 1. The predicted molar refractivity (Wildman–Crippen MR) is 243 cm³/mol. The summed E-state index contributed by atoms with van der Waals surface area (Å²) in [5, 5.41) is 27.5. The zero-order valence-electron chi connectivity index (χ0n) is 41.0. The molecule has 1 amide bonds. The zero-order chi connectivity index (χ0) is 49.5. The van der Waals surface area contributed by atoms with E-state index in [-0.39, 0.29) is 37.7 Å². The van der Waals surface area contributed by atoms with Crippen molar-refractivity contribution in [1.82, 2.24) is 9.91 Å². The van der Waals surface area contributed by atoms with Crippen LogP contribution in [0.4, 0.5) is 9.18 Å². The molecule has 4 fully saturated rings. The van der Waals surface area contributed by atoms with E-state index in [4.69, 9.17) is 54.2 Å². The molecule has 4 saturated heterocycles. The lowest BCUT2D eigenvalue weighted by Crippen LogP contribution is -2.61. The Morgan fingerprint density at radius 1 is 1.00 bits per heavy atom. The quantitative estimate of drug-likeness (QED) is 0.160. The summed E-state index contributed by atoms with van der Waals surface area (Å²) in [5.41, 5.74) is -3.39. The van der Waals surface area contributed by atoms with Gasteiger partial charge in [-0.1, -0.05) is 27.7 Å². The second kappa shape index (κ2) is 21.0. The molecule has 67 heavy (non-hydrogen) atoms. The van der Waals surface area contributed by atoms with Gasteiger partial charge in [0.2, 0.25) is 0 Å². The number of allylic oxidation sites excluding steroid dienone is 1. The summed E-state index contributed by atoms with van der Waals surface area (Å²) in [5.74, 6) is -4.74. The van der Waals surface area contributed by atoms with Crippen LogP contribution in [-0.4, -0.2) is 157 Å². The summed E-state index contributed by atoms with van der Waals surface area (Å²) in [7, 11) is 6.72. The molecule has 17 nitrogen and oxygen atoms in total. The van der Waals surface area contributed by atoms with E-state index in [2.05, 4.69) is 5.10 Å². The first kappa shape index (κ1) is 53.1. The Morgan fingerprint density at radius 3 is 2.33 bits per heavy atom. The highest BCUT2D eigenvalue weighted by Gasteiger charge is 2.61. The van der Waals surface area contributed by atoms with Crippen molar-refractivity contribution < 1.29 is 71.6 Å². The molecular weight excluding hydrogens is 897 g/mol. The number of ketones is 1. The number of methoxy groups -OCH3 is 2. The molecule has 5 aliphatic rings. The minimum absolute atomic E-state index is 0.0604. The number of fused-ring (bicyclic) bond motifs is 2. The van der Waals surface area contributed by atoms with E-state index in [0.717, 1.165) is 5.01 Å². The molecule has 5 heterocycles. The number of alkyl halides is 1. The Balaban J connectivity index is 1.44. The number of nitrogens with zero attached hydrogens (tertiary/aromatic N) is 3. The fourth-order valence-corrected chi connectivity index (χ4v) is 11.1. The lowest BCUT2D eigenvalue weighted by molar-refractivity contribution is -0.314. The average Bonchev–Trinajstić information content (AvgIpc) is 3.55. The summed E-state index contributed by atoms with van der Waals surface area (Å²) >= 11 is 6.79. The fourth-order valence-electron chi connectivity index (χ4n) is 10.8. The number of carbonyl (C=O) groups is 3. The van der Waals surface area contributed by atoms with E-state index in [0.29, 0.717) is 23.3 Å². The van der Waals surface area contributed by atoms with Gasteiger partial charge in [0, 0.05) is 55.6 Å². The number of halogens is 2. The van der Waals surface area contributed by atoms with Gasteiger partial charge in [-0.05, 0) is 86.2 Å². The highest BCUT2D eigenvalue weighted by atomic mass is 35.5. The molecule has 0 bridgehead atoms. The first-order valence-corrected chi connectivity index (χ1v) is 23.7. The van der Waals surface area contributed by atoms with Crippen LogP contribution in [0.1, 0.15) is 98.9 Å². The van der Waals surface area contributed by atoms with Gasteiger partial charge in [-0.25, -0.2) is 9.18 Å². The first-order chi connectivity index (χ1) is 31.4. The lowest BCUT2D eigenvalue weighted by Gasteiger charge is -2.49. The number of benzene rings is 1. The summed E-state index contributed by atoms with van der Waals surface area (Å²) in [6, 6.07) is 2.52. The molecule has 18 atom stereocenters. The Morgan fingerprint density at radius 2 is 1.69 bits per heavy atom. The van der Waals surface area contributed by atoms with Gasteiger partial charge in [0.1, 0.15) is 41.7 Å². The molecule has 0 saturated carbocycles. The highest BCUT2D eigenvalue weighted by molar-refractivity contribution is 6.25. The number of esters is 1. The van der Waals surface area contributed by atoms with Crippen LogP contribution in [0.5, 0.6) is 5.75 Å². The van der Waals surface area contributed by atoms with Crippen LogP contribution in [-0.2, 0) is 47.5 Å². The van der Waals surface area contributed by atoms with Crippen LogP contribution in [0.15, 0.2) is 35.1 Å². The van der Waals surface area contributed by atoms with E-state index >= 15 is 4.79 Å². The molecule has 1 aromatic rings. The summed E-state index contributed by atoms with van der Waals surface area (Å²) in [4.78, 5) is 45.9.